The van der Waals surface area contributed by atoms with Crippen molar-refractivity contribution in [3.8, 4) is 0 Å². The van der Waals surface area contributed by atoms with Crippen LogP contribution in [0.3, 0.4) is 0 Å². The molecular weight excluding hydrogens is 326 g/mol. The number of rotatable bonds is 6. The van der Waals surface area contributed by atoms with Gasteiger partial charge in [0.05, 0.1) is 5.75 Å². The number of thioether (sulfide) groups is 1. The number of aromatic nitrogens is 2. The third-order valence-corrected chi connectivity index (χ3v) is 4.69. The summed E-state index contributed by atoms with van der Waals surface area (Å²) in [5.74, 6) is 2.02. The standard InChI is InChI=1S/C13H16BrN3OS/c1-2-9(15)7-13-16-12(17-18-13)8-19-11-6-4-3-5-10(11)14/h3-6,9H,2,7-8,15H2,1H3. The first-order valence-corrected chi connectivity index (χ1v) is 7.91. The summed E-state index contributed by atoms with van der Waals surface area (Å²) in [5.41, 5.74) is 5.86. The summed E-state index contributed by atoms with van der Waals surface area (Å²) in [7, 11) is 0. The Balaban J connectivity index is 1.92. The third-order valence-electron chi connectivity index (χ3n) is 2.66. The van der Waals surface area contributed by atoms with Gasteiger partial charge in [-0.25, -0.2) is 0 Å². The highest BCUT2D eigenvalue weighted by Gasteiger charge is 2.10. The van der Waals surface area contributed by atoms with Crippen LogP contribution in [0.4, 0.5) is 0 Å². The van der Waals surface area contributed by atoms with Gasteiger partial charge in [0.15, 0.2) is 5.82 Å². The lowest BCUT2D eigenvalue weighted by Crippen LogP contribution is -2.21. The van der Waals surface area contributed by atoms with Crippen LogP contribution in [0.25, 0.3) is 0 Å². The number of nitrogens with zero attached hydrogens (tertiary/aromatic N) is 2. The Kier molecular flexibility index (Phi) is 5.42. The van der Waals surface area contributed by atoms with Gasteiger partial charge in [-0.2, -0.15) is 4.98 Å². The molecule has 4 nitrogen and oxygen atoms in total. The molecule has 2 rings (SSSR count). The molecule has 0 spiro atoms. The van der Waals surface area contributed by atoms with Crippen LogP contribution in [0.5, 0.6) is 0 Å². The lowest BCUT2D eigenvalue weighted by molar-refractivity contribution is 0.364. The predicted molar refractivity (Wildman–Crippen MR) is 80.0 cm³/mol. The zero-order valence-corrected chi connectivity index (χ0v) is 13.1. The van der Waals surface area contributed by atoms with Gasteiger partial charge in [0, 0.05) is 21.8 Å². The molecule has 2 aromatic rings. The Morgan fingerprint density at radius 3 is 2.95 bits per heavy atom. The molecule has 0 fully saturated rings. The first-order chi connectivity index (χ1) is 9.19. The van der Waals surface area contributed by atoms with Crippen molar-refractivity contribution in [2.45, 2.75) is 36.5 Å². The minimum absolute atomic E-state index is 0.0872. The molecule has 1 atom stereocenters. The van der Waals surface area contributed by atoms with E-state index in [0.717, 1.165) is 10.9 Å². The Morgan fingerprint density at radius 1 is 1.42 bits per heavy atom. The highest BCUT2D eigenvalue weighted by Crippen LogP contribution is 2.28. The summed E-state index contributed by atoms with van der Waals surface area (Å²) >= 11 is 5.19. The second kappa shape index (κ2) is 7.07. The van der Waals surface area contributed by atoms with Crippen LogP contribution in [0.15, 0.2) is 38.2 Å². The fourth-order valence-corrected chi connectivity index (χ4v) is 2.92. The van der Waals surface area contributed by atoms with E-state index in [2.05, 4.69) is 32.1 Å². The van der Waals surface area contributed by atoms with Crippen LogP contribution in [0.2, 0.25) is 0 Å². The van der Waals surface area contributed by atoms with Gasteiger partial charge in [-0.05, 0) is 34.5 Å². The lowest BCUT2D eigenvalue weighted by Gasteiger charge is -2.02. The Labute approximate surface area is 125 Å². The first kappa shape index (κ1) is 14.6. The molecule has 0 bridgehead atoms. The molecule has 1 heterocycles. The van der Waals surface area contributed by atoms with Crippen LogP contribution in [-0.4, -0.2) is 16.2 Å². The molecule has 102 valence electrons. The molecule has 1 aromatic heterocycles. The molecule has 2 N–H and O–H groups in total. The molecular formula is C13H16BrN3OS. The van der Waals surface area contributed by atoms with Crippen molar-refractivity contribution in [3.63, 3.8) is 0 Å². The van der Waals surface area contributed by atoms with Gasteiger partial charge in [0.1, 0.15) is 0 Å². The van der Waals surface area contributed by atoms with Crippen LogP contribution >= 0.6 is 27.7 Å². The van der Waals surface area contributed by atoms with Crippen molar-refractivity contribution in [3.05, 3.63) is 40.5 Å². The van der Waals surface area contributed by atoms with E-state index < -0.39 is 0 Å². The van der Waals surface area contributed by atoms with Crippen LogP contribution in [-0.2, 0) is 12.2 Å². The van der Waals surface area contributed by atoms with E-state index in [4.69, 9.17) is 10.3 Å². The number of halogens is 1. The molecule has 19 heavy (non-hydrogen) atoms. The van der Waals surface area contributed by atoms with Crippen LogP contribution in [0.1, 0.15) is 25.1 Å². The van der Waals surface area contributed by atoms with E-state index in [-0.39, 0.29) is 6.04 Å². The molecule has 6 heteroatoms. The molecule has 0 amide bonds. The van der Waals surface area contributed by atoms with Gasteiger partial charge in [-0.3, -0.25) is 0 Å². The van der Waals surface area contributed by atoms with Gasteiger partial charge in [-0.15, -0.1) is 11.8 Å². The summed E-state index contributed by atoms with van der Waals surface area (Å²) in [6, 6.07) is 8.17. The topological polar surface area (TPSA) is 64.9 Å². The highest BCUT2D eigenvalue weighted by atomic mass is 79.9. The van der Waals surface area contributed by atoms with Gasteiger partial charge in [-0.1, -0.05) is 24.2 Å². The zero-order valence-electron chi connectivity index (χ0n) is 10.7. The Hall–Kier alpha value is -0.850. The molecule has 0 aliphatic carbocycles. The van der Waals surface area contributed by atoms with E-state index >= 15 is 0 Å². The maximum Gasteiger partial charge on any atom is 0.228 e. The summed E-state index contributed by atoms with van der Waals surface area (Å²) in [6.45, 7) is 2.05. The minimum atomic E-state index is 0.0872. The summed E-state index contributed by atoms with van der Waals surface area (Å²) in [5, 5.41) is 3.97. The van der Waals surface area contributed by atoms with E-state index in [1.165, 1.54) is 4.90 Å². The molecule has 1 aromatic carbocycles. The van der Waals surface area contributed by atoms with E-state index in [0.29, 0.717) is 23.9 Å². The number of hydrogen-bond donors (Lipinski definition) is 1. The summed E-state index contributed by atoms with van der Waals surface area (Å²) in [6.07, 6.45) is 1.55. The maximum atomic E-state index is 5.86. The van der Waals surface area contributed by atoms with Crippen molar-refractivity contribution in [2.75, 3.05) is 0 Å². The third kappa shape index (κ3) is 4.33. The fraction of sp³-hybridized carbons (Fsp3) is 0.385. The van der Waals surface area contributed by atoms with Crippen molar-refractivity contribution >= 4 is 27.7 Å². The van der Waals surface area contributed by atoms with Crippen molar-refractivity contribution < 1.29 is 4.52 Å². The lowest BCUT2D eigenvalue weighted by atomic mass is 10.2. The first-order valence-electron chi connectivity index (χ1n) is 6.13. The summed E-state index contributed by atoms with van der Waals surface area (Å²) in [4.78, 5) is 5.51. The van der Waals surface area contributed by atoms with Gasteiger partial charge >= 0.3 is 0 Å². The molecule has 0 aliphatic heterocycles. The van der Waals surface area contributed by atoms with Gasteiger partial charge < -0.3 is 10.3 Å². The second-order valence-corrected chi connectivity index (χ2v) is 6.07. The maximum absolute atomic E-state index is 5.86. The fourth-order valence-electron chi connectivity index (χ4n) is 1.50. The molecule has 1 unspecified atom stereocenters. The van der Waals surface area contributed by atoms with Gasteiger partial charge in [0.25, 0.3) is 0 Å². The largest absolute Gasteiger partial charge is 0.339 e. The van der Waals surface area contributed by atoms with Crippen LogP contribution < -0.4 is 5.73 Å². The average molecular weight is 342 g/mol. The summed E-state index contributed by atoms with van der Waals surface area (Å²) < 4.78 is 6.27. The van der Waals surface area contributed by atoms with Crippen molar-refractivity contribution in [2.24, 2.45) is 5.73 Å². The van der Waals surface area contributed by atoms with Crippen molar-refractivity contribution in [1.82, 2.24) is 10.1 Å². The molecule has 0 saturated heterocycles. The van der Waals surface area contributed by atoms with Crippen molar-refractivity contribution in [1.29, 1.82) is 0 Å². The predicted octanol–water partition coefficient (Wildman–Crippen LogP) is 3.40. The number of nitrogens with two attached hydrogens (primary N) is 1. The van der Waals surface area contributed by atoms with E-state index in [1.54, 1.807) is 11.8 Å². The van der Waals surface area contributed by atoms with E-state index in [1.807, 2.05) is 25.1 Å². The normalized spacial score (nSPS) is 12.6. The van der Waals surface area contributed by atoms with Gasteiger partial charge in [0.2, 0.25) is 5.89 Å². The zero-order chi connectivity index (χ0) is 13.7. The average Bonchev–Trinajstić information content (AvgIpc) is 2.85. The molecule has 0 saturated carbocycles. The Bertz CT molecular complexity index is 532. The molecule has 0 aliphatic rings. The Morgan fingerprint density at radius 2 is 2.21 bits per heavy atom. The quantitative estimate of drug-likeness (QED) is 0.815. The van der Waals surface area contributed by atoms with E-state index in [9.17, 15) is 0 Å². The number of hydrogen-bond acceptors (Lipinski definition) is 5. The second-order valence-electron chi connectivity index (χ2n) is 4.20. The molecule has 0 radical (unpaired) electrons. The van der Waals surface area contributed by atoms with Crippen LogP contribution in [0, 0.1) is 0 Å². The number of benzene rings is 1. The monoisotopic (exact) mass is 341 g/mol. The smallest absolute Gasteiger partial charge is 0.228 e. The highest BCUT2D eigenvalue weighted by molar-refractivity contribution is 9.10. The minimum Gasteiger partial charge on any atom is -0.339 e. The SMILES string of the molecule is CCC(N)Cc1nc(CSc2ccccc2Br)no1.